The summed E-state index contributed by atoms with van der Waals surface area (Å²) in [4.78, 5) is 0. The summed E-state index contributed by atoms with van der Waals surface area (Å²) in [6.07, 6.45) is 8.25. The zero-order chi connectivity index (χ0) is 21.0. The Morgan fingerprint density at radius 3 is 1.83 bits per heavy atom. The largest absolute Gasteiger partial charge is 0.422 e. The Balaban J connectivity index is 0. The van der Waals surface area contributed by atoms with Gasteiger partial charge in [-0.1, -0.05) is 60.4 Å². The molecule has 0 spiro atoms. The second-order valence-corrected chi connectivity index (χ2v) is 11.3. The van der Waals surface area contributed by atoms with Crippen LogP contribution in [-0.2, 0) is 63.2 Å². The fraction of sp³-hybridized carbons (Fsp3) is 0.909. The number of hydrogen-bond donors (Lipinski definition) is 2. The Morgan fingerprint density at radius 2 is 1.45 bits per heavy atom. The van der Waals surface area contributed by atoms with Gasteiger partial charge in [0, 0.05) is 72.0 Å². The molecule has 2 fully saturated rings. The van der Waals surface area contributed by atoms with Crippen LogP contribution in [0.1, 0.15) is 68.2 Å². The van der Waals surface area contributed by atoms with Gasteiger partial charge in [0.2, 0.25) is 0 Å². The monoisotopic (exact) mass is 674 g/mol. The van der Waals surface area contributed by atoms with Gasteiger partial charge in [0.25, 0.3) is 0 Å². The van der Waals surface area contributed by atoms with Crippen molar-refractivity contribution >= 4 is 14.5 Å². The van der Waals surface area contributed by atoms with Crippen LogP contribution >= 0.6 is 8.20 Å². The molecule has 0 amide bonds. The molecule has 0 aliphatic carbocycles. The van der Waals surface area contributed by atoms with Gasteiger partial charge in [-0.25, -0.2) is 0 Å². The molecule has 29 heavy (non-hydrogen) atoms. The molecule has 2 rings (SSSR count). The van der Waals surface area contributed by atoms with Crippen molar-refractivity contribution < 1.29 is 73.5 Å². The fourth-order valence-corrected chi connectivity index (χ4v) is 4.40. The molecule has 0 aromatic carbocycles. The van der Waals surface area contributed by atoms with Gasteiger partial charge < -0.3 is 19.7 Å². The zero-order valence-corrected chi connectivity index (χ0v) is 26.3. The molecule has 7 atom stereocenters. The van der Waals surface area contributed by atoms with Gasteiger partial charge in [-0.2, -0.15) is 0 Å². The van der Waals surface area contributed by atoms with Crippen molar-refractivity contribution in [1.29, 1.82) is 0 Å². The summed E-state index contributed by atoms with van der Waals surface area (Å²) in [5, 5.41) is 19.5. The summed E-state index contributed by atoms with van der Waals surface area (Å²) < 4.78 is 11.3. The molecule has 0 bridgehead atoms. The van der Waals surface area contributed by atoms with Gasteiger partial charge >= 0.3 is 0 Å². The first-order valence-electron chi connectivity index (χ1n) is 10.2. The number of rotatable bonds is 4. The maximum Gasteiger partial charge on any atom is 0.0852 e. The van der Waals surface area contributed by atoms with Crippen molar-refractivity contribution in [2.24, 2.45) is 16.7 Å². The minimum atomic E-state index is -0.377. The molecule has 4 nitrogen and oxygen atoms in total. The summed E-state index contributed by atoms with van der Waals surface area (Å²) in [5.41, 5.74) is 0.514. The minimum Gasteiger partial charge on any atom is -0.422 e. The van der Waals surface area contributed by atoms with E-state index in [0.717, 1.165) is 27.2 Å². The third-order valence-electron chi connectivity index (χ3n) is 5.04. The second kappa shape index (κ2) is 14.1. The normalized spacial score (nSPS) is 34.8. The molecule has 2 heterocycles. The Labute approximate surface area is 220 Å². The van der Waals surface area contributed by atoms with Crippen LogP contribution < -0.4 is 0 Å². The molecule has 7 heteroatoms. The number of aliphatic hydroxyl groups excluding tert-OH is 2. The molecule has 1 radical (unpaired) electrons. The van der Waals surface area contributed by atoms with Gasteiger partial charge in [-0.3, -0.25) is 6.42 Å². The average molecular weight is 674 g/mol. The predicted octanol–water partition coefficient (Wildman–Crippen LogP) is 4.34. The van der Waals surface area contributed by atoms with Crippen molar-refractivity contribution in [2.45, 2.75) is 105 Å². The van der Waals surface area contributed by atoms with Crippen LogP contribution in [0.25, 0.3) is 0 Å². The molecule has 0 aromatic rings. The number of ether oxygens (including phenoxy) is 2. The third kappa shape index (κ3) is 12.6. The van der Waals surface area contributed by atoms with Crippen LogP contribution in [-0.4, -0.2) is 59.3 Å². The van der Waals surface area contributed by atoms with E-state index in [1.807, 2.05) is 20.3 Å². The van der Waals surface area contributed by atoms with Crippen molar-refractivity contribution in [1.82, 2.24) is 0 Å². The van der Waals surface area contributed by atoms with Gasteiger partial charge in [-0.05, 0) is 37.2 Å². The first kappa shape index (κ1) is 33.0. The summed E-state index contributed by atoms with van der Waals surface area (Å²) >= 11 is 0. The maximum absolute atomic E-state index is 10.1. The molecule has 2 aliphatic rings. The Kier molecular flexibility index (Phi) is 16.1. The molecule has 4 unspecified atom stereocenters. The Morgan fingerprint density at radius 1 is 0.931 bits per heavy atom. The molecule has 0 aromatic heterocycles. The van der Waals surface area contributed by atoms with E-state index in [-0.39, 0.29) is 107 Å². The molecular weight excluding hydrogens is 632 g/mol. The second-order valence-electron chi connectivity index (χ2n) is 10.5. The van der Waals surface area contributed by atoms with Crippen LogP contribution in [0.3, 0.4) is 0 Å². The van der Waals surface area contributed by atoms with Crippen molar-refractivity contribution in [3.8, 4) is 0 Å². The number of hydrogen-bond acceptors (Lipinski definition) is 4. The summed E-state index contributed by atoms with van der Waals surface area (Å²) in [6, 6.07) is 0. The van der Waals surface area contributed by atoms with Gasteiger partial charge in [0.15, 0.2) is 0 Å². The van der Waals surface area contributed by atoms with Crippen molar-refractivity contribution in [2.75, 3.05) is 6.16 Å². The van der Waals surface area contributed by atoms with E-state index in [9.17, 15) is 10.2 Å². The van der Waals surface area contributed by atoms with Crippen LogP contribution in [0.4, 0.5) is 0 Å². The summed E-state index contributed by atoms with van der Waals surface area (Å²) in [7, 11) is 1.10. The predicted molar refractivity (Wildman–Crippen MR) is 116 cm³/mol. The summed E-state index contributed by atoms with van der Waals surface area (Å²) in [5.74, 6) is 0.272. The van der Waals surface area contributed by atoms with Gasteiger partial charge in [-0.15, -0.1) is 8.20 Å². The van der Waals surface area contributed by atoms with E-state index in [4.69, 9.17) is 9.47 Å². The topological polar surface area (TPSA) is 58.9 Å². The molecular formula is C22H42O4PWY-. The average Bonchev–Trinajstić information content (AvgIpc) is 2.91. The first-order valence-corrected chi connectivity index (χ1v) is 11.4. The Hall–Kier alpha value is 1.80. The van der Waals surface area contributed by atoms with Crippen LogP contribution in [0.5, 0.6) is 0 Å². The SMILES string of the molecule is C=PCC1OC(C)[C@H](O)[C@@H]1CC(C)(C)C.CC1OC(CC(C)(C)C)[CH-][C@H]1O.[W].[Y]. The minimum absolute atomic E-state index is 0. The zero-order valence-electron chi connectivity index (χ0n) is 19.6. The van der Waals surface area contributed by atoms with E-state index < -0.39 is 0 Å². The third-order valence-corrected chi connectivity index (χ3v) is 5.66. The number of aliphatic hydroxyl groups is 2. The molecule has 169 valence electrons. The van der Waals surface area contributed by atoms with Gasteiger partial charge in [0.1, 0.15) is 0 Å². The van der Waals surface area contributed by atoms with Crippen LogP contribution in [0, 0.1) is 23.2 Å². The van der Waals surface area contributed by atoms with E-state index in [0.29, 0.717) is 0 Å². The summed E-state index contributed by atoms with van der Waals surface area (Å²) in [6.45, 7) is 17.0. The van der Waals surface area contributed by atoms with Gasteiger partial charge in [0.05, 0.1) is 18.3 Å². The van der Waals surface area contributed by atoms with E-state index >= 15 is 0 Å². The van der Waals surface area contributed by atoms with E-state index in [1.54, 1.807) is 0 Å². The quantitative estimate of drug-likeness (QED) is 0.345. The van der Waals surface area contributed by atoms with E-state index in [1.165, 1.54) is 0 Å². The van der Waals surface area contributed by atoms with Crippen molar-refractivity contribution in [3.63, 3.8) is 0 Å². The molecule has 2 aliphatic heterocycles. The standard InChI is InChI=1S/C12H23O2P.C10H19O2.W.Y/c1-8-11(13)9(6-12(2,3)4)10(14-8)7-15-5;1-7-9(11)5-8(12-7)6-10(2,3)4;;/h8-11,13H,5-7H2,1-4H3;5,7-9,11H,6H2,1-4H3;;/q;-1;;/t8?,9-,10?,11+;7?,8?,9-;;/m11../s1. The van der Waals surface area contributed by atoms with E-state index in [2.05, 4.69) is 47.8 Å². The van der Waals surface area contributed by atoms with Crippen molar-refractivity contribution in [3.05, 3.63) is 6.42 Å². The smallest absolute Gasteiger partial charge is 0.0852 e. The van der Waals surface area contributed by atoms with Crippen LogP contribution in [0.15, 0.2) is 0 Å². The first-order chi connectivity index (χ1) is 12.2. The fourth-order valence-electron chi connectivity index (χ4n) is 3.79. The molecule has 0 saturated carbocycles. The Bertz CT molecular complexity index is 457. The molecule has 2 N–H and O–H groups in total. The molecule has 2 saturated heterocycles. The van der Waals surface area contributed by atoms with Crippen LogP contribution in [0.2, 0.25) is 0 Å². The maximum atomic E-state index is 10.1.